The Morgan fingerprint density at radius 1 is 1.44 bits per heavy atom. The second-order valence-corrected chi connectivity index (χ2v) is 5.88. The molecular weight excluding hydrogens is 218 g/mol. The molecule has 1 aliphatic carbocycles. The maximum absolute atomic E-state index is 3.78. The van der Waals surface area contributed by atoms with Crippen molar-refractivity contribution >= 4 is 6.08 Å². The number of allylic oxidation sites excluding steroid dienone is 2. The third-order valence-electron chi connectivity index (χ3n) is 4.58. The number of rotatable bonds is 3. The predicted molar refractivity (Wildman–Crippen MR) is 77.7 cm³/mol. The minimum Gasteiger partial charge on any atom is -0.305 e. The highest BCUT2D eigenvalue weighted by molar-refractivity contribution is 5.62. The quantitative estimate of drug-likeness (QED) is 0.731. The zero-order valence-corrected chi connectivity index (χ0v) is 11.3. The Morgan fingerprint density at radius 3 is 2.94 bits per heavy atom. The SMILES string of the molecule is C=C/C=C\c1c(C)cccc1[C@@]12C[C@@H]1CN(C)C2. The Kier molecular flexibility index (Phi) is 2.67. The van der Waals surface area contributed by atoms with Crippen LogP contribution in [0.15, 0.2) is 36.9 Å². The summed E-state index contributed by atoms with van der Waals surface area (Å²) in [6.07, 6.45) is 7.51. The topological polar surface area (TPSA) is 3.24 Å². The second-order valence-electron chi connectivity index (χ2n) is 5.88. The van der Waals surface area contributed by atoms with Crippen LogP contribution < -0.4 is 0 Å². The van der Waals surface area contributed by atoms with Crippen molar-refractivity contribution in [3.8, 4) is 0 Å². The van der Waals surface area contributed by atoms with Gasteiger partial charge in [-0.2, -0.15) is 0 Å². The Morgan fingerprint density at radius 2 is 2.28 bits per heavy atom. The van der Waals surface area contributed by atoms with E-state index in [1.807, 2.05) is 6.08 Å². The van der Waals surface area contributed by atoms with E-state index in [0.717, 1.165) is 5.92 Å². The minimum absolute atomic E-state index is 0.446. The number of hydrogen-bond donors (Lipinski definition) is 0. The van der Waals surface area contributed by atoms with E-state index in [0.29, 0.717) is 5.41 Å². The van der Waals surface area contributed by atoms with Crippen molar-refractivity contribution in [2.24, 2.45) is 5.92 Å². The molecule has 1 aliphatic heterocycles. The molecule has 0 amide bonds. The molecule has 1 heteroatoms. The molecule has 3 rings (SSSR count). The van der Waals surface area contributed by atoms with E-state index in [-0.39, 0.29) is 0 Å². The first kappa shape index (κ1) is 11.7. The molecule has 2 aliphatic rings. The van der Waals surface area contributed by atoms with Gasteiger partial charge in [-0.1, -0.05) is 43.0 Å². The second kappa shape index (κ2) is 4.10. The van der Waals surface area contributed by atoms with Gasteiger partial charge in [0.25, 0.3) is 0 Å². The van der Waals surface area contributed by atoms with Crippen LogP contribution in [0.3, 0.4) is 0 Å². The first-order valence-corrected chi connectivity index (χ1v) is 6.75. The van der Waals surface area contributed by atoms with Crippen LogP contribution in [0, 0.1) is 12.8 Å². The minimum atomic E-state index is 0.446. The van der Waals surface area contributed by atoms with Crippen LogP contribution in [0.5, 0.6) is 0 Å². The highest BCUT2D eigenvalue weighted by Gasteiger charge is 2.60. The average Bonchev–Trinajstić information content (AvgIpc) is 2.91. The Balaban J connectivity index is 2.05. The number of fused-ring (bicyclic) bond motifs is 1. The van der Waals surface area contributed by atoms with Gasteiger partial charge in [0.2, 0.25) is 0 Å². The summed E-state index contributed by atoms with van der Waals surface area (Å²) in [7, 11) is 2.24. The molecule has 1 aromatic carbocycles. The molecular formula is C17H21N. The molecule has 0 unspecified atom stereocenters. The van der Waals surface area contributed by atoms with Gasteiger partial charge in [-0.25, -0.2) is 0 Å². The summed E-state index contributed by atoms with van der Waals surface area (Å²) in [5.74, 6) is 0.875. The fourth-order valence-corrected chi connectivity index (χ4v) is 3.65. The molecule has 1 saturated carbocycles. The summed E-state index contributed by atoms with van der Waals surface area (Å²) in [6, 6.07) is 6.74. The maximum Gasteiger partial charge on any atom is 0.0130 e. The van der Waals surface area contributed by atoms with E-state index in [1.54, 1.807) is 5.56 Å². The molecule has 0 bridgehead atoms. The van der Waals surface area contributed by atoms with Crippen LogP contribution in [0.4, 0.5) is 0 Å². The molecule has 0 radical (unpaired) electrons. The first-order chi connectivity index (χ1) is 8.67. The lowest BCUT2D eigenvalue weighted by Crippen LogP contribution is -2.22. The molecule has 1 heterocycles. The zero-order valence-electron chi connectivity index (χ0n) is 11.3. The molecule has 2 fully saturated rings. The Bertz CT molecular complexity index is 514. The number of likely N-dealkylation sites (tertiary alicyclic amines) is 1. The van der Waals surface area contributed by atoms with Crippen LogP contribution in [0.2, 0.25) is 0 Å². The van der Waals surface area contributed by atoms with Crippen molar-refractivity contribution in [3.63, 3.8) is 0 Å². The molecule has 0 aromatic heterocycles. The highest BCUT2D eigenvalue weighted by Crippen LogP contribution is 2.59. The number of piperidine rings is 1. The van der Waals surface area contributed by atoms with Gasteiger partial charge in [-0.15, -0.1) is 0 Å². The molecule has 18 heavy (non-hydrogen) atoms. The van der Waals surface area contributed by atoms with Gasteiger partial charge in [-0.3, -0.25) is 0 Å². The highest BCUT2D eigenvalue weighted by atomic mass is 15.2. The van der Waals surface area contributed by atoms with Crippen LogP contribution in [-0.2, 0) is 5.41 Å². The van der Waals surface area contributed by atoms with Gasteiger partial charge in [0.1, 0.15) is 0 Å². The first-order valence-electron chi connectivity index (χ1n) is 6.75. The van der Waals surface area contributed by atoms with E-state index in [1.165, 1.54) is 30.6 Å². The summed E-state index contributed by atoms with van der Waals surface area (Å²) >= 11 is 0. The van der Waals surface area contributed by atoms with Crippen molar-refractivity contribution in [1.82, 2.24) is 4.90 Å². The van der Waals surface area contributed by atoms with Crippen molar-refractivity contribution in [2.45, 2.75) is 18.8 Å². The smallest absolute Gasteiger partial charge is 0.0130 e. The summed E-state index contributed by atoms with van der Waals surface area (Å²) in [6.45, 7) is 8.47. The largest absolute Gasteiger partial charge is 0.305 e. The van der Waals surface area contributed by atoms with Crippen molar-refractivity contribution in [2.75, 3.05) is 20.1 Å². The monoisotopic (exact) mass is 239 g/mol. The molecule has 94 valence electrons. The fraction of sp³-hybridized carbons (Fsp3) is 0.412. The third-order valence-corrected chi connectivity index (χ3v) is 4.58. The van der Waals surface area contributed by atoms with Gasteiger partial charge in [0.05, 0.1) is 0 Å². The van der Waals surface area contributed by atoms with Crippen molar-refractivity contribution in [1.29, 1.82) is 0 Å². The molecule has 2 atom stereocenters. The number of likely N-dealkylation sites (N-methyl/N-ethyl adjacent to an activating group) is 1. The van der Waals surface area contributed by atoms with Crippen molar-refractivity contribution < 1.29 is 0 Å². The summed E-state index contributed by atoms with van der Waals surface area (Å²) < 4.78 is 0. The summed E-state index contributed by atoms with van der Waals surface area (Å²) in [5.41, 5.74) is 4.78. The van der Waals surface area contributed by atoms with E-state index in [2.05, 4.69) is 55.8 Å². The zero-order chi connectivity index (χ0) is 12.8. The van der Waals surface area contributed by atoms with Crippen LogP contribution in [0.1, 0.15) is 23.1 Å². The van der Waals surface area contributed by atoms with Gasteiger partial charge in [0, 0.05) is 18.5 Å². The predicted octanol–water partition coefficient (Wildman–Crippen LogP) is 3.40. The van der Waals surface area contributed by atoms with E-state index in [4.69, 9.17) is 0 Å². The van der Waals surface area contributed by atoms with Gasteiger partial charge >= 0.3 is 0 Å². The maximum atomic E-state index is 3.78. The van der Waals surface area contributed by atoms with Gasteiger partial charge < -0.3 is 4.90 Å². The molecule has 1 saturated heterocycles. The lowest BCUT2D eigenvalue weighted by molar-refractivity contribution is 0.363. The van der Waals surface area contributed by atoms with Crippen LogP contribution >= 0.6 is 0 Å². The average molecular weight is 239 g/mol. The molecule has 1 nitrogen and oxygen atoms in total. The number of benzene rings is 1. The summed E-state index contributed by atoms with van der Waals surface area (Å²) in [5, 5.41) is 0. The van der Waals surface area contributed by atoms with E-state index >= 15 is 0 Å². The van der Waals surface area contributed by atoms with Crippen LogP contribution in [-0.4, -0.2) is 25.0 Å². The van der Waals surface area contributed by atoms with Crippen LogP contribution in [0.25, 0.3) is 6.08 Å². The third kappa shape index (κ3) is 1.65. The molecule has 0 spiro atoms. The number of hydrogen-bond acceptors (Lipinski definition) is 1. The lowest BCUT2D eigenvalue weighted by Gasteiger charge is -2.20. The molecule has 1 aromatic rings. The van der Waals surface area contributed by atoms with E-state index < -0.39 is 0 Å². The Labute approximate surface area is 110 Å². The number of aryl methyl sites for hydroxylation is 1. The van der Waals surface area contributed by atoms with E-state index in [9.17, 15) is 0 Å². The fourth-order valence-electron chi connectivity index (χ4n) is 3.65. The normalized spacial score (nSPS) is 30.7. The van der Waals surface area contributed by atoms with Gasteiger partial charge in [0.15, 0.2) is 0 Å². The van der Waals surface area contributed by atoms with Gasteiger partial charge in [-0.05, 0) is 43.0 Å². The Hall–Kier alpha value is -1.34. The number of nitrogens with zero attached hydrogens (tertiary/aromatic N) is 1. The molecule has 0 N–H and O–H groups in total. The lowest BCUT2D eigenvalue weighted by atomic mass is 9.88. The standard InChI is InChI=1S/C17H21N/c1-4-5-8-15-13(2)7-6-9-16(15)17-10-14(17)11-18(3)12-17/h4-9,14H,1,10-12H2,2-3H3/b8-5-/t14-,17-/m1/s1. The van der Waals surface area contributed by atoms with Crippen molar-refractivity contribution in [3.05, 3.63) is 53.6 Å². The summed E-state index contributed by atoms with van der Waals surface area (Å²) in [4.78, 5) is 2.47.